The summed E-state index contributed by atoms with van der Waals surface area (Å²) in [5.74, 6) is 0. The first-order chi connectivity index (χ1) is 10.6. The van der Waals surface area contributed by atoms with Crippen LogP contribution in [-0.2, 0) is 0 Å². The zero-order valence-corrected chi connectivity index (χ0v) is 12.5. The van der Waals surface area contributed by atoms with Gasteiger partial charge in [-0.2, -0.15) is 0 Å². The van der Waals surface area contributed by atoms with Crippen LogP contribution >= 0.6 is 0 Å². The molecular weight excluding hydrogens is 282 g/mol. The first-order valence-corrected chi connectivity index (χ1v) is 7.53. The van der Waals surface area contributed by atoms with Crippen molar-refractivity contribution in [3.8, 4) is 0 Å². The van der Waals surface area contributed by atoms with Crippen LogP contribution < -0.4 is 10.6 Å². The minimum Gasteiger partial charge on any atom is -0.335 e. The molecule has 0 saturated heterocycles. The molecule has 2 N–H and O–H groups in total. The highest BCUT2D eigenvalue weighted by Gasteiger charge is 2.15. The highest BCUT2D eigenvalue weighted by Crippen LogP contribution is 2.19. The molecular formula is C16H21N3O3. The van der Waals surface area contributed by atoms with Crippen LogP contribution in [0.25, 0.3) is 5.57 Å². The van der Waals surface area contributed by atoms with Crippen molar-refractivity contribution in [3.05, 3.63) is 46.5 Å². The number of urea groups is 1. The summed E-state index contributed by atoms with van der Waals surface area (Å²) >= 11 is 0. The summed E-state index contributed by atoms with van der Waals surface area (Å²) in [6.07, 6.45) is 5.61. The van der Waals surface area contributed by atoms with E-state index in [4.69, 9.17) is 0 Å². The highest BCUT2D eigenvalue weighted by molar-refractivity contribution is 5.77. The molecule has 1 aromatic rings. The van der Waals surface area contributed by atoms with Crippen molar-refractivity contribution in [1.82, 2.24) is 10.6 Å². The second kappa shape index (κ2) is 7.59. The van der Waals surface area contributed by atoms with Crippen LogP contribution in [-0.4, -0.2) is 23.5 Å². The molecule has 1 saturated carbocycles. The van der Waals surface area contributed by atoms with Gasteiger partial charge in [0.25, 0.3) is 5.69 Å². The average molecular weight is 303 g/mol. The maximum Gasteiger partial charge on any atom is 0.315 e. The molecule has 1 aliphatic rings. The Kier molecular flexibility index (Phi) is 5.52. The Labute approximate surface area is 129 Å². The van der Waals surface area contributed by atoms with Crippen LogP contribution in [0.2, 0.25) is 0 Å². The zero-order valence-electron chi connectivity index (χ0n) is 12.5. The molecule has 6 nitrogen and oxygen atoms in total. The molecule has 0 aliphatic heterocycles. The third-order valence-electron chi connectivity index (χ3n) is 3.87. The van der Waals surface area contributed by atoms with E-state index in [1.165, 1.54) is 18.6 Å². The standard InChI is InChI=1S/C16H21N3O3/c1-12(13-6-5-9-15(10-13)19(21)22)11-17-16(20)18-14-7-3-2-4-8-14/h5-6,9-10,14H,1-4,7-8,11H2,(H2,17,18,20). The van der Waals surface area contributed by atoms with Gasteiger partial charge in [-0.25, -0.2) is 4.79 Å². The van der Waals surface area contributed by atoms with E-state index in [2.05, 4.69) is 17.2 Å². The fraction of sp³-hybridized carbons (Fsp3) is 0.438. The van der Waals surface area contributed by atoms with Gasteiger partial charge < -0.3 is 10.6 Å². The molecule has 2 rings (SSSR count). The third-order valence-corrected chi connectivity index (χ3v) is 3.87. The van der Waals surface area contributed by atoms with Gasteiger partial charge in [-0.15, -0.1) is 0 Å². The van der Waals surface area contributed by atoms with Gasteiger partial charge in [0.15, 0.2) is 0 Å². The molecule has 2 amide bonds. The average Bonchev–Trinajstić information content (AvgIpc) is 2.53. The number of non-ortho nitro benzene ring substituents is 1. The molecule has 6 heteroatoms. The number of nitro benzene ring substituents is 1. The van der Waals surface area contributed by atoms with E-state index in [1.54, 1.807) is 12.1 Å². The van der Waals surface area contributed by atoms with Crippen molar-refractivity contribution in [3.63, 3.8) is 0 Å². The monoisotopic (exact) mass is 303 g/mol. The number of hydrogen-bond donors (Lipinski definition) is 2. The number of carbonyl (C=O) groups is 1. The van der Waals surface area contributed by atoms with Crippen LogP contribution in [0, 0.1) is 10.1 Å². The summed E-state index contributed by atoms with van der Waals surface area (Å²) in [4.78, 5) is 22.2. The summed E-state index contributed by atoms with van der Waals surface area (Å²) < 4.78 is 0. The summed E-state index contributed by atoms with van der Waals surface area (Å²) in [6.45, 7) is 4.14. The smallest absolute Gasteiger partial charge is 0.315 e. The Morgan fingerprint density at radius 3 is 2.73 bits per heavy atom. The third kappa shape index (κ3) is 4.58. The topological polar surface area (TPSA) is 84.3 Å². The molecule has 1 aromatic carbocycles. The van der Waals surface area contributed by atoms with Crippen molar-refractivity contribution in [2.24, 2.45) is 0 Å². The molecule has 0 unspecified atom stereocenters. The van der Waals surface area contributed by atoms with Gasteiger partial charge in [-0.3, -0.25) is 10.1 Å². The molecule has 0 aromatic heterocycles. The first kappa shape index (κ1) is 16.0. The fourth-order valence-electron chi connectivity index (χ4n) is 2.61. The fourth-order valence-corrected chi connectivity index (χ4v) is 2.61. The van der Waals surface area contributed by atoms with Crippen LogP contribution in [0.1, 0.15) is 37.7 Å². The molecule has 22 heavy (non-hydrogen) atoms. The number of rotatable bonds is 5. The Morgan fingerprint density at radius 2 is 2.05 bits per heavy atom. The minimum atomic E-state index is -0.444. The van der Waals surface area contributed by atoms with E-state index in [1.807, 2.05) is 0 Å². The lowest BCUT2D eigenvalue weighted by molar-refractivity contribution is -0.384. The number of amides is 2. The van der Waals surface area contributed by atoms with Gasteiger partial charge in [0.1, 0.15) is 0 Å². The molecule has 0 spiro atoms. The maximum atomic E-state index is 11.9. The summed E-state index contributed by atoms with van der Waals surface area (Å²) in [5, 5.41) is 16.5. The second-order valence-electron chi connectivity index (χ2n) is 5.57. The molecule has 0 heterocycles. The van der Waals surface area contributed by atoms with Crippen molar-refractivity contribution in [1.29, 1.82) is 0 Å². The van der Waals surface area contributed by atoms with Crippen molar-refractivity contribution in [2.75, 3.05) is 6.54 Å². The van der Waals surface area contributed by atoms with Gasteiger partial charge in [-0.05, 0) is 24.0 Å². The second-order valence-corrected chi connectivity index (χ2v) is 5.57. The molecule has 0 atom stereocenters. The number of nitrogens with zero attached hydrogens (tertiary/aromatic N) is 1. The van der Waals surface area contributed by atoms with Gasteiger partial charge in [0.05, 0.1) is 4.92 Å². The van der Waals surface area contributed by atoms with Crippen LogP contribution in [0.15, 0.2) is 30.8 Å². The van der Waals surface area contributed by atoms with Gasteiger partial charge >= 0.3 is 6.03 Å². The van der Waals surface area contributed by atoms with Crippen LogP contribution in [0.5, 0.6) is 0 Å². The van der Waals surface area contributed by atoms with E-state index in [-0.39, 0.29) is 24.3 Å². The quantitative estimate of drug-likeness (QED) is 0.647. The zero-order chi connectivity index (χ0) is 15.9. The SMILES string of the molecule is C=C(CNC(=O)NC1CCCCC1)c1cccc([N+](=O)[O-])c1. The number of benzene rings is 1. The van der Waals surface area contributed by atoms with Crippen molar-refractivity contribution in [2.45, 2.75) is 38.1 Å². The molecule has 0 bridgehead atoms. The number of carbonyl (C=O) groups excluding carboxylic acids is 1. The minimum absolute atomic E-state index is 0.0188. The highest BCUT2D eigenvalue weighted by atomic mass is 16.6. The van der Waals surface area contributed by atoms with Crippen molar-refractivity contribution >= 4 is 17.3 Å². The summed E-state index contributed by atoms with van der Waals surface area (Å²) in [7, 11) is 0. The van der Waals surface area contributed by atoms with Crippen LogP contribution in [0.4, 0.5) is 10.5 Å². The lowest BCUT2D eigenvalue weighted by atomic mass is 9.96. The molecule has 0 radical (unpaired) electrons. The number of nitrogens with one attached hydrogen (secondary N) is 2. The van der Waals surface area contributed by atoms with Crippen LogP contribution in [0.3, 0.4) is 0 Å². The van der Waals surface area contributed by atoms with Gasteiger partial charge in [0.2, 0.25) is 0 Å². The van der Waals surface area contributed by atoms with Gasteiger partial charge in [-0.1, -0.05) is 38.0 Å². The van der Waals surface area contributed by atoms with E-state index in [0.717, 1.165) is 25.7 Å². The largest absolute Gasteiger partial charge is 0.335 e. The van der Waals surface area contributed by atoms with E-state index in [0.29, 0.717) is 11.1 Å². The lowest BCUT2D eigenvalue weighted by Crippen LogP contribution is -2.43. The Bertz CT molecular complexity index is 566. The lowest BCUT2D eigenvalue weighted by Gasteiger charge is -2.23. The Hall–Kier alpha value is -2.37. The van der Waals surface area contributed by atoms with E-state index < -0.39 is 4.92 Å². The maximum absolute atomic E-state index is 11.9. The Balaban J connectivity index is 1.82. The summed E-state index contributed by atoms with van der Waals surface area (Å²) in [6, 6.07) is 6.29. The number of nitro groups is 1. The predicted octanol–water partition coefficient (Wildman–Crippen LogP) is 3.24. The Morgan fingerprint density at radius 1 is 1.32 bits per heavy atom. The van der Waals surface area contributed by atoms with Gasteiger partial charge in [0, 0.05) is 24.7 Å². The summed E-state index contributed by atoms with van der Waals surface area (Å²) in [5.41, 5.74) is 1.32. The molecule has 1 fully saturated rings. The molecule has 1 aliphatic carbocycles. The molecule has 118 valence electrons. The van der Waals surface area contributed by atoms with Crippen molar-refractivity contribution < 1.29 is 9.72 Å². The normalized spacial score (nSPS) is 15.1. The van der Waals surface area contributed by atoms with E-state index in [9.17, 15) is 14.9 Å². The predicted molar refractivity (Wildman–Crippen MR) is 85.5 cm³/mol. The first-order valence-electron chi connectivity index (χ1n) is 7.53. The number of hydrogen-bond acceptors (Lipinski definition) is 3. The van der Waals surface area contributed by atoms with E-state index >= 15 is 0 Å².